The molecule has 0 radical (unpaired) electrons. The predicted octanol–water partition coefficient (Wildman–Crippen LogP) is 4.79. The zero-order chi connectivity index (χ0) is 33.5. The van der Waals surface area contributed by atoms with E-state index in [0.717, 1.165) is 22.3 Å². The number of methoxy groups -OCH3 is 4. The van der Waals surface area contributed by atoms with Gasteiger partial charge < -0.3 is 30.4 Å². The van der Waals surface area contributed by atoms with Gasteiger partial charge in [-0.3, -0.25) is 19.6 Å². The van der Waals surface area contributed by atoms with Gasteiger partial charge >= 0.3 is 12.1 Å². The Labute approximate surface area is 277 Å². The third kappa shape index (κ3) is 3.33. The zero-order valence-electron chi connectivity index (χ0n) is 27.1. The molecular weight excluding hydrogens is 612 g/mol. The number of urea groups is 2. The topological polar surface area (TPSA) is 136 Å². The van der Waals surface area contributed by atoms with Crippen LogP contribution >= 0.6 is 0 Å². The molecule has 12 heteroatoms. The van der Waals surface area contributed by atoms with Crippen LogP contribution in [0, 0.1) is 0 Å². The van der Waals surface area contributed by atoms with Gasteiger partial charge in [0.05, 0.1) is 54.6 Å². The molecule has 8 rings (SSSR count). The van der Waals surface area contributed by atoms with Gasteiger partial charge in [-0.05, 0) is 12.1 Å². The summed E-state index contributed by atoms with van der Waals surface area (Å²) in [5, 5.41) is 0. The third-order valence-electron chi connectivity index (χ3n) is 10.5. The van der Waals surface area contributed by atoms with Crippen molar-refractivity contribution in [2.24, 2.45) is 0 Å². The Bertz CT molecular complexity index is 1890. The molecule has 4 heterocycles. The summed E-state index contributed by atoms with van der Waals surface area (Å²) >= 11 is 0. The number of hydrogen-bond acceptors (Lipinski definition) is 8. The van der Waals surface area contributed by atoms with Crippen molar-refractivity contribution < 1.29 is 28.5 Å². The monoisotopic (exact) mass is 648 g/mol. The highest BCUT2D eigenvalue weighted by molar-refractivity contribution is 5.92. The van der Waals surface area contributed by atoms with Crippen molar-refractivity contribution in [3.8, 4) is 23.0 Å². The van der Waals surface area contributed by atoms with Crippen LogP contribution in [0.3, 0.4) is 0 Å². The molecule has 48 heavy (non-hydrogen) atoms. The van der Waals surface area contributed by atoms with Crippen molar-refractivity contribution >= 4 is 23.4 Å². The first-order valence-corrected chi connectivity index (χ1v) is 15.6. The Hall–Kier alpha value is -5.78. The molecule has 0 bridgehead atoms. The quantitative estimate of drug-likeness (QED) is 0.285. The minimum Gasteiger partial charge on any atom is -0.496 e. The highest BCUT2D eigenvalue weighted by Crippen LogP contribution is 2.66. The van der Waals surface area contributed by atoms with E-state index in [-0.39, 0.29) is 49.6 Å². The van der Waals surface area contributed by atoms with Gasteiger partial charge in [0, 0.05) is 33.4 Å². The third-order valence-corrected chi connectivity index (χ3v) is 10.5. The fourth-order valence-electron chi connectivity index (χ4n) is 8.64. The molecule has 4 aromatic carbocycles. The number of amides is 4. The van der Waals surface area contributed by atoms with Crippen molar-refractivity contribution in [1.29, 1.82) is 0 Å². The number of nitrogen functional groups attached to an aromatic ring is 2. The minimum atomic E-state index is -1.38. The van der Waals surface area contributed by atoms with Crippen LogP contribution < -0.4 is 30.4 Å². The average molecular weight is 649 g/mol. The number of carbonyl (C=O) groups is 2. The first kappa shape index (κ1) is 29.6. The van der Waals surface area contributed by atoms with Gasteiger partial charge in [-0.1, -0.05) is 60.7 Å². The minimum absolute atomic E-state index is 0.0535. The first-order chi connectivity index (χ1) is 23.3. The molecule has 4 aliphatic heterocycles. The molecular formula is C36H36N6O6. The largest absolute Gasteiger partial charge is 0.496 e. The number of anilines is 2. The standard InChI is InChI=1S/C36H36N6O6/c1-45-27-15-16-28(46-2)24-18-40-34(44)42-20-26-25(31(47-3)29(37)30(38)32(26)48-4)19-41-33(43)39(17-23(24)27)35(40,21-11-7-5-8-12-21)36(41,42)22-13-9-6-10-14-22/h5-16H,17-20,37-38H2,1-4H3. The molecule has 0 saturated carbocycles. The van der Waals surface area contributed by atoms with E-state index < -0.39 is 11.3 Å². The number of ether oxygens (including phenoxy) is 4. The lowest BCUT2D eigenvalue weighted by atomic mass is 9.79. The lowest BCUT2D eigenvalue weighted by Gasteiger charge is -2.49. The zero-order valence-corrected chi connectivity index (χ0v) is 27.1. The van der Waals surface area contributed by atoms with E-state index in [4.69, 9.17) is 30.4 Å². The molecule has 2 saturated heterocycles. The van der Waals surface area contributed by atoms with Crippen LogP contribution in [0.2, 0.25) is 0 Å². The van der Waals surface area contributed by atoms with E-state index in [1.54, 1.807) is 24.0 Å². The number of nitrogens with two attached hydrogens (primary N) is 2. The van der Waals surface area contributed by atoms with E-state index in [1.165, 1.54) is 14.2 Å². The van der Waals surface area contributed by atoms with Crippen molar-refractivity contribution in [2.75, 3.05) is 39.9 Å². The van der Waals surface area contributed by atoms with E-state index >= 15 is 9.59 Å². The molecule has 0 unspecified atom stereocenters. The Morgan fingerprint density at radius 2 is 0.833 bits per heavy atom. The summed E-state index contributed by atoms with van der Waals surface area (Å²) < 4.78 is 23.5. The molecule has 0 atom stereocenters. The predicted molar refractivity (Wildman–Crippen MR) is 177 cm³/mol. The number of rotatable bonds is 6. The van der Waals surface area contributed by atoms with Gasteiger partial charge in [-0.15, -0.1) is 0 Å². The fraction of sp³-hybridized carbons (Fsp3) is 0.278. The highest BCUT2D eigenvalue weighted by atomic mass is 16.5. The Morgan fingerprint density at radius 1 is 0.500 bits per heavy atom. The molecule has 4 aliphatic rings. The van der Waals surface area contributed by atoms with Crippen LogP contribution in [0.5, 0.6) is 23.0 Å². The number of hydrogen-bond donors (Lipinski definition) is 2. The lowest BCUT2D eigenvalue weighted by molar-refractivity contribution is -0.0795. The van der Waals surface area contributed by atoms with Gasteiger partial charge in [0.15, 0.2) is 11.3 Å². The number of benzene rings is 4. The highest BCUT2D eigenvalue weighted by Gasteiger charge is 2.81. The van der Waals surface area contributed by atoms with Crippen molar-refractivity contribution in [3.63, 3.8) is 0 Å². The van der Waals surface area contributed by atoms with Gasteiger partial charge in [-0.25, -0.2) is 9.59 Å². The van der Waals surface area contributed by atoms with Gasteiger partial charge in [0.1, 0.15) is 34.4 Å². The molecule has 2 fully saturated rings. The number of carbonyl (C=O) groups excluding carboxylic acids is 2. The summed E-state index contributed by atoms with van der Waals surface area (Å²) in [4.78, 5) is 38.2. The Morgan fingerprint density at radius 3 is 1.15 bits per heavy atom. The summed E-state index contributed by atoms with van der Waals surface area (Å²) in [5.41, 5.74) is 15.1. The van der Waals surface area contributed by atoms with Gasteiger partial charge in [0.2, 0.25) is 0 Å². The van der Waals surface area contributed by atoms with Crippen LogP contribution in [0.4, 0.5) is 21.0 Å². The van der Waals surface area contributed by atoms with Crippen LogP contribution in [-0.2, 0) is 37.5 Å². The Kier molecular flexibility index (Phi) is 6.39. The second-order valence-electron chi connectivity index (χ2n) is 12.3. The lowest BCUT2D eigenvalue weighted by Crippen LogP contribution is -2.62. The summed E-state index contributed by atoms with van der Waals surface area (Å²) in [6, 6.07) is 22.6. The molecule has 4 N–H and O–H groups in total. The van der Waals surface area contributed by atoms with Crippen molar-refractivity contribution in [3.05, 3.63) is 106 Å². The van der Waals surface area contributed by atoms with Gasteiger partial charge in [0.25, 0.3) is 0 Å². The average Bonchev–Trinajstić information content (AvgIpc) is 3.28. The fourth-order valence-corrected chi connectivity index (χ4v) is 8.64. The summed E-state index contributed by atoms with van der Waals surface area (Å²) in [7, 11) is 6.24. The van der Waals surface area contributed by atoms with Crippen LogP contribution in [0.1, 0.15) is 33.4 Å². The second-order valence-corrected chi connectivity index (χ2v) is 12.3. The van der Waals surface area contributed by atoms with Crippen LogP contribution in [0.25, 0.3) is 0 Å². The van der Waals surface area contributed by atoms with Crippen molar-refractivity contribution in [1.82, 2.24) is 19.6 Å². The molecule has 4 amide bonds. The first-order valence-electron chi connectivity index (χ1n) is 15.6. The van der Waals surface area contributed by atoms with E-state index in [1.807, 2.05) is 82.6 Å². The molecule has 12 nitrogen and oxygen atoms in total. The summed E-state index contributed by atoms with van der Waals surface area (Å²) in [5.74, 6) is 1.89. The van der Waals surface area contributed by atoms with E-state index in [0.29, 0.717) is 34.1 Å². The molecule has 246 valence electrons. The SMILES string of the molecule is COc1ccc(OC)c2c1CN1C(=O)N3Cc4c(c(OC)c(N)c(N)c4OC)CN4C(=O)N(C2)C1(c1ccccc1)C34c1ccccc1. The van der Waals surface area contributed by atoms with Crippen LogP contribution in [0.15, 0.2) is 72.8 Å². The maximum Gasteiger partial charge on any atom is 0.325 e. The van der Waals surface area contributed by atoms with E-state index in [2.05, 4.69) is 0 Å². The maximum atomic E-state index is 15.5. The maximum absolute atomic E-state index is 15.5. The second kappa shape index (κ2) is 10.4. The summed E-state index contributed by atoms with van der Waals surface area (Å²) in [6.07, 6.45) is 0. The normalized spacial score (nSPS) is 22.1. The number of nitrogens with zero attached hydrogens (tertiary/aromatic N) is 4. The molecule has 0 aliphatic carbocycles. The van der Waals surface area contributed by atoms with Crippen molar-refractivity contribution in [2.45, 2.75) is 37.5 Å². The molecule has 0 aromatic heterocycles. The Balaban J connectivity index is 1.53. The van der Waals surface area contributed by atoms with E-state index in [9.17, 15) is 0 Å². The van der Waals surface area contributed by atoms with Gasteiger partial charge in [-0.2, -0.15) is 0 Å². The smallest absolute Gasteiger partial charge is 0.325 e. The van der Waals surface area contributed by atoms with Crippen LogP contribution in [-0.4, -0.2) is 60.1 Å². The number of fused-ring (bicyclic) bond motifs is 2. The molecule has 4 aromatic rings. The molecule has 0 spiro atoms. The summed E-state index contributed by atoms with van der Waals surface area (Å²) in [6.45, 7) is 0.391.